The van der Waals surface area contributed by atoms with E-state index in [1.165, 1.54) is 11.8 Å². The van der Waals surface area contributed by atoms with Gasteiger partial charge in [0.2, 0.25) is 17.7 Å². The van der Waals surface area contributed by atoms with E-state index in [1.54, 1.807) is 20.0 Å². The third kappa shape index (κ3) is 10.6. The van der Waals surface area contributed by atoms with Crippen molar-refractivity contribution in [1.29, 1.82) is 0 Å². The number of carboxylic acids is 1. The lowest BCUT2D eigenvalue weighted by atomic mass is 10.0. The summed E-state index contributed by atoms with van der Waals surface area (Å²) in [4.78, 5) is 58.2. The molecule has 0 saturated carbocycles. The number of carboxylic acid groups (broad SMARTS) is 1. The topological polar surface area (TPSA) is 231 Å². The average molecular weight is 591 g/mol. The number of aliphatic imine (C=N–C) groups is 1. The normalized spacial score (nSPS) is 14.1. The summed E-state index contributed by atoms with van der Waals surface area (Å²) in [6, 6.07) is 3.55. The van der Waals surface area contributed by atoms with Gasteiger partial charge in [-0.05, 0) is 55.2 Å². The van der Waals surface area contributed by atoms with Crippen LogP contribution in [0.5, 0.6) is 0 Å². The van der Waals surface area contributed by atoms with Crippen molar-refractivity contribution in [1.82, 2.24) is 20.9 Å². The number of thioether (sulfide) groups is 1. The fourth-order valence-electron chi connectivity index (χ4n) is 4.23. The number of H-pyrrole nitrogens is 1. The van der Waals surface area contributed by atoms with Crippen LogP contribution in [0.25, 0.3) is 10.9 Å². The van der Waals surface area contributed by atoms with Crippen molar-refractivity contribution >= 4 is 52.3 Å². The van der Waals surface area contributed by atoms with Gasteiger partial charge in [-0.25, -0.2) is 4.79 Å². The highest BCUT2D eigenvalue weighted by molar-refractivity contribution is 7.98. The second-order valence-corrected chi connectivity index (χ2v) is 11.1. The fourth-order valence-corrected chi connectivity index (χ4v) is 4.70. The van der Waals surface area contributed by atoms with Gasteiger partial charge >= 0.3 is 5.97 Å². The summed E-state index contributed by atoms with van der Waals surface area (Å²) in [5, 5.41) is 18.4. The van der Waals surface area contributed by atoms with Crippen LogP contribution in [-0.4, -0.2) is 82.5 Å². The van der Waals surface area contributed by atoms with Gasteiger partial charge in [-0.2, -0.15) is 11.8 Å². The van der Waals surface area contributed by atoms with Crippen molar-refractivity contribution in [2.75, 3.05) is 18.6 Å². The monoisotopic (exact) mass is 590 g/mol. The third-order valence-electron chi connectivity index (χ3n) is 6.50. The zero-order chi connectivity index (χ0) is 30.5. The number of rotatable bonds is 17. The number of para-hydroxylation sites is 1. The molecule has 2 rings (SSSR count). The summed E-state index contributed by atoms with van der Waals surface area (Å²) in [6.07, 6.45) is 4.69. The van der Waals surface area contributed by atoms with Crippen molar-refractivity contribution in [3.8, 4) is 0 Å². The largest absolute Gasteiger partial charge is 0.480 e. The van der Waals surface area contributed by atoms with E-state index in [1.807, 2.05) is 30.5 Å². The van der Waals surface area contributed by atoms with E-state index >= 15 is 0 Å². The number of hydrogen-bond acceptors (Lipinski definition) is 7. The number of amides is 3. The second-order valence-electron chi connectivity index (χ2n) is 10.1. The minimum Gasteiger partial charge on any atom is -0.480 e. The molecule has 0 bridgehead atoms. The Morgan fingerprint density at radius 3 is 2.27 bits per heavy atom. The van der Waals surface area contributed by atoms with Gasteiger partial charge in [0.1, 0.15) is 18.1 Å². The average Bonchev–Trinajstić information content (AvgIpc) is 3.32. The molecule has 0 aliphatic heterocycles. The Hall–Kier alpha value is -3.78. The van der Waals surface area contributed by atoms with Crippen LogP contribution in [0.15, 0.2) is 35.5 Å². The minimum absolute atomic E-state index is 0.0947. The van der Waals surface area contributed by atoms with Gasteiger partial charge < -0.3 is 43.2 Å². The van der Waals surface area contributed by atoms with Crippen molar-refractivity contribution in [2.24, 2.45) is 28.1 Å². The van der Waals surface area contributed by atoms with E-state index in [2.05, 4.69) is 25.9 Å². The van der Waals surface area contributed by atoms with Crippen LogP contribution < -0.4 is 33.2 Å². The number of carbonyl (C=O) groups is 4. The lowest BCUT2D eigenvalue weighted by Gasteiger charge is -2.26. The highest BCUT2D eigenvalue weighted by Gasteiger charge is 2.31. The third-order valence-corrected chi connectivity index (χ3v) is 7.15. The molecule has 0 saturated heterocycles. The molecular formula is C27H42N8O5S. The van der Waals surface area contributed by atoms with Gasteiger partial charge in [-0.1, -0.05) is 32.0 Å². The van der Waals surface area contributed by atoms with E-state index in [-0.39, 0.29) is 37.7 Å². The lowest BCUT2D eigenvalue weighted by Crippen LogP contribution is -2.57. The molecule has 1 aromatic carbocycles. The molecular weight excluding hydrogens is 548 g/mol. The summed E-state index contributed by atoms with van der Waals surface area (Å²) < 4.78 is 0. The van der Waals surface area contributed by atoms with Crippen LogP contribution >= 0.6 is 11.8 Å². The Labute approximate surface area is 243 Å². The number of guanidine groups is 1. The van der Waals surface area contributed by atoms with E-state index in [9.17, 15) is 24.3 Å². The molecule has 3 amide bonds. The standard InChI is InChI=1S/C27H42N8O5S/c1-15(2)22(26(39)40)35-25(38)21(10-12-41-3)34-24(37)20(9-6-11-31-27(29)30)33-23(36)18(28)13-16-14-32-19-8-5-4-7-17(16)19/h4-5,7-8,14-15,18,20-22,32H,6,9-13,28H2,1-3H3,(H,33,36)(H,34,37)(H,35,38)(H,39,40)(H4,29,30,31). The van der Waals surface area contributed by atoms with Crippen LogP contribution in [0.4, 0.5) is 0 Å². The summed E-state index contributed by atoms with van der Waals surface area (Å²) in [5.41, 5.74) is 18.8. The molecule has 0 radical (unpaired) electrons. The number of carbonyl (C=O) groups excluding carboxylic acids is 3. The van der Waals surface area contributed by atoms with Gasteiger partial charge in [0, 0.05) is 23.6 Å². The van der Waals surface area contributed by atoms with E-state index in [0.29, 0.717) is 12.2 Å². The Balaban J connectivity index is 2.17. The number of fused-ring (bicyclic) bond motifs is 1. The van der Waals surface area contributed by atoms with E-state index in [0.717, 1.165) is 16.5 Å². The summed E-state index contributed by atoms with van der Waals surface area (Å²) in [6.45, 7) is 3.58. The molecule has 1 aromatic heterocycles. The summed E-state index contributed by atoms with van der Waals surface area (Å²) in [5.74, 6) is -2.84. The van der Waals surface area contributed by atoms with Crippen molar-refractivity contribution < 1.29 is 24.3 Å². The molecule has 0 spiro atoms. The zero-order valence-electron chi connectivity index (χ0n) is 23.7. The molecule has 0 aliphatic carbocycles. The first kappa shape index (κ1) is 33.4. The maximum Gasteiger partial charge on any atom is 0.326 e. The first-order valence-electron chi connectivity index (χ1n) is 13.4. The predicted octanol–water partition coefficient (Wildman–Crippen LogP) is 0.0394. The molecule has 14 heteroatoms. The number of aliphatic carboxylic acids is 1. The Morgan fingerprint density at radius 2 is 1.63 bits per heavy atom. The SMILES string of the molecule is CSCCC(NC(=O)C(CCCN=C(N)N)NC(=O)C(N)Cc1c[nH]c2ccccc12)C(=O)NC(C(=O)O)C(C)C. The lowest BCUT2D eigenvalue weighted by molar-refractivity contribution is -0.143. The number of nitrogens with two attached hydrogens (primary N) is 3. The van der Waals surface area contributed by atoms with Crippen LogP contribution in [0.1, 0.15) is 38.7 Å². The Bertz CT molecular complexity index is 1210. The first-order chi connectivity index (χ1) is 19.4. The predicted molar refractivity (Wildman–Crippen MR) is 161 cm³/mol. The van der Waals surface area contributed by atoms with Gasteiger partial charge in [-0.15, -0.1) is 0 Å². The number of benzene rings is 1. The van der Waals surface area contributed by atoms with Gasteiger partial charge in [-0.3, -0.25) is 19.4 Å². The molecule has 4 atom stereocenters. The van der Waals surface area contributed by atoms with Crippen molar-refractivity contribution in [3.63, 3.8) is 0 Å². The fraction of sp³-hybridized carbons (Fsp3) is 0.519. The van der Waals surface area contributed by atoms with Gasteiger partial charge in [0.25, 0.3) is 0 Å². The highest BCUT2D eigenvalue weighted by Crippen LogP contribution is 2.19. The molecule has 13 nitrogen and oxygen atoms in total. The van der Waals surface area contributed by atoms with Crippen molar-refractivity contribution in [3.05, 3.63) is 36.0 Å². The number of nitrogens with one attached hydrogen (secondary N) is 4. The van der Waals surface area contributed by atoms with Gasteiger partial charge in [0.15, 0.2) is 5.96 Å². The van der Waals surface area contributed by atoms with Crippen molar-refractivity contribution in [2.45, 2.75) is 63.7 Å². The highest BCUT2D eigenvalue weighted by atomic mass is 32.2. The van der Waals surface area contributed by atoms with E-state index < -0.39 is 47.9 Å². The van der Waals surface area contributed by atoms with Gasteiger partial charge in [0.05, 0.1) is 6.04 Å². The maximum atomic E-state index is 13.4. The molecule has 0 fully saturated rings. The Morgan fingerprint density at radius 1 is 1.00 bits per heavy atom. The molecule has 11 N–H and O–H groups in total. The summed E-state index contributed by atoms with van der Waals surface area (Å²) in [7, 11) is 0. The smallest absolute Gasteiger partial charge is 0.326 e. The molecule has 226 valence electrons. The molecule has 41 heavy (non-hydrogen) atoms. The summed E-state index contributed by atoms with van der Waals surface area (Å²) >= 11 is 1.48. The van der Waals surface area contributed by atoms with Crippen LogP contribution in [0, 0.1) is 5.92 Å². The minimum atomic E-state index is -1.17. The van der Waals surface area contributed by atoms with Crippen LogP contribution in [0.3, 0.4) is 0 Å². The number of hydrogen-bond donors (Lipinski definition) is 8. The Kier molecular flexibility index (Phi) is 13.4. The maximum absolute atomic E-state index is 13.4. The number of nitrogens with zero attached hydrogens (tertiary/aromatic N) is 1. The second kappa shape index (κ2) is 16.5. The quantitative estimate of drug-likeness (QED) is 0.0705. The van der Waals surface area contributed by atoms with Crippen LogP contribution in [0.2, 0.25) is 0 Å². The molecule has 2 aromatic rings. The first-order valence-corrected chi connectivity index (χ1v) is 14.8. The number of aromatic amines is 1. The zero-order valence-corrected chi connectivity index (χ0v) is 24.5. The van der Waals surface area contributed by atoms with E-state index in [4.69, 9.17) is 17.2 Å². The molecule has 1 heterocycles. The molecule has 4 unspecified atom stereocenters. The number of aromatic nitrogens is 1. The molecule has 0 aliphatic rings. The van der Waals surface area contributed by atoms with Crippen LogP contribution in [-0.2, 0) is 25.6 Å².